The van der Waals surface area contributed by atoms with Gasteiger partial charge in [-0.1, -0.05) is 30.3 Å². The molecule has 0 spiro atoms. The van der Waals surface area contributed by atoms with Crippen molar-refractivity contribution in [2.75, 3.05) is 5.32 Å². The van der Waals surface area contributed by atoms with E-state index < -0.39 is 0 Å². The van der Waals surface area contributed by atoms with E-state index in [0.29, 0.717) is 24.6 Å². The van der Waals surface area contributed by atoms with Gasteiger partial charge in [-0.15, -0.1) is 10.2 Å². The average Bonchev–Trinajstić information content (AvgIpc) is 2.57. The summed E-state index contributed by atoms with van der Waals surface area (Å²) in [7, 11) is 0. The van der Waals surface area contributed by atoms with Crippen LogP contribution in [0.15, 0.2) is 59.7 Å². The Bertz CT molecular complexity index is 786. The number of nitrogens with one attached hydrogen (secondary N) is 2. The maximum atomic E-state index is 12.0. The molecule has 0 saturated carbocycles. The molecule has 0 atom stereocenters. The highest BCUT2D eigenvalue weighted by atomic mass is 16.1. The first kappa shape index (κ1) is 13.9. The van der Waals surface area contributed by atoms with E-state index in [4.69, 9.17) is 0 Å². The molecule has 2 N–H and O–H groups in total. The van der Waals surface area contributed by atoms with Gasteiger partial charge in [-0.25, -0.2) is 0 Å². The predicted octanol–water partition coefficient (Wildman–Crippen LogP) is 1.76. The molecule has 3 aromatic rings. The number of pyridine rings is 1. The van der Waals surface area contributed by atoms with E-state index >= 15 is 0 Å². The normalized spacial score (nSPS) is 10.4. The van der Waals surface area contributed by atoms with Gasteiger partial charge in [-0.3, -0.25) is 14.8 Å². The molecule has 0 radical (unpaired) electrons. The van der Waals surface area contributed by atoms with Crippen molar-refractivity contribution in [2.24, 2.45) is 0 Å². The van der Waals surface area contributed by atoms with Crippen molar-refractivity contribution >= 4 is 5.95 Å². The molecule has 6 nitrogen and oxygen atoms in total. The number of benzene rings is 1. The van der Waals surface area contributed by atoms with Crippen LogP contribution in [0.25, 0.3) is 0 Å². The first-order valence-electron chi connectivity index (χ1n) is 6.94. The average molecular weight is 293 g/mol. The lowest BCUT2D eigenvalue weighted by atomic mass is 10.1. The highest BCUT2D eigenvalue weighted by Crippen LogP contribution is 2.04. The van der Waals surface area contributed by atoms with E-state index in [-0.39, 0.29) is 5.56 Å². The summed E-state index contributed by atoms with van der Waals surface area (Å²) in [6.07, 6.45) is 3.90. The van der Waals surface area contributed by atoms with Crippen molar-refractivity contribution in [3.05, 3.63) is 82.0 Å². The van der Waals surface area contributed by atoms with Crippen LogP contribution in [-0.4, -0.2) is 20.2 Å². The Labute approximate surface area is 127 Å². The van der Waals surface area contributed by atoms with Gasteiger partial charge in [-0.05, 0) is 23.3 Å². The van der Waals surface area contributed by atoms with E-state index in [1.165, 1.54) is 0 Å². The van der Waals surface area contributed by atoms with Gasteiger partial charge in [0.2, 0.25) is 5.95 Å². The van der Waals surface area contributed by atoms with Gasteiger partial charge >= 0.3 is 0 Å². The molecule has 0 bridgehead atoms. The highest BCUT2D eigenvalue weighted by Gasteiger charge is 2.05. The molecule has 1 aromatic carbocycles. The lowest BCUT2D eigenvalue weighted by Crippen LogP contribution is -2.19. The van der Waals surface area contributed by atoms with Gasteiger partial charge in [0.05, 0.1) is 0 Å². The second-order valence-corrected chi connectivity index (χ2v) is 4.82. The van der Waals surface area contributed by atoms with Crippen molar-refractivity contribution in [1.29, 1.82) is 0 Å². The smallest absolute Gasteiger partial charge is 0.274 e. The lowest BCUT2D eigenvalue weighted by molar-refractivity contribution is 0.859. The van der Waals surface area contributed by atoms with Crippen molar-refractivity contribution in [3.63, 3.8) is 0 Å². The van der Waals surface area contributed by atoms with Crippen LogP contribution >= 0.6 is 0 Å². The van der Waals surface area contributed by atoms with E-state index in [9.17, 15) is 4.79 Å². The zero-order chi connectivity index (χ0) is 15.2. The van der Waals surface area contributed by atoms with Crippen LogP contribution in [0.1, 0.15) is 16.8 Å². The Hall–Kier alpha value is -3.02. The fourth-order valence-electron chi connectivity index (χ4n) is 2.03. The largest absolute Gasteiger partial charge is 0.350 e. The topological polar surface area (TPSA) is 83.6 Å². The summed E-state index contributed by atoms with van der Waals surface area (Å²) in [6, 6.07) is 13.5. The van der Waals surface area contributed by atoms with Crippen LogP contribution in [0, 0.1) is 0 Å². The number of nitrogens with zero attached hydrogens (tertiary/aromatic N) is 3. The van der Waals surface area contributed by atoms with Crippen molar-refractivity contribution in [2.45, 2.75) is 13.0 Å². The molecular formula is C16H15N5O. The molecular weight excluding hydrogens is 278 g/mol. The first-order valence-corrected chi connectivity index (χ1v) is 6.94. The Kier molecular flexibility index (Phi) is 4.20. The standard InChI is InChI=1S/C16H15N5O/c22-15-14(10-12-4-2-1-3-5-12)20-21-16(19-15)18-11-13-6-8-17-9-7-13/h1-9H,10-11H2,(H2,18,19,21,22). The maximum Gasteiger partial charge on any atom is 0.274 e. The van der Waals surface area contributed by atoms with Gasteiger partial charge in [0.1, 0.15) is 5.69 Å². The molecule has 2 heterocycles. The van der Waals surface area contributed by atoms with Crippen LogP contribution in [0.3, 0.4) is 0 Å². The summed E-state index contributed by atoms with van der Waals surface area (Å²) in [6.45, 7) is 0.547. The number of aromatic amines is 1. The van der Waals surface area contributed by atoms with Crippen LogP contribution in [0.2, 0.25) is 0 Å². The zero-order valence-electron chi connectivity index (χ0n) is 11.9. The van der Waals surface area contributed by atoms with E-state index in [0.717, 1.165) is 11.1 Å². The summed E-state index contributed by atoms with van der Waals surface area (Å²) in [5.41, 5.74) is 2.25. The molecule has 6 heteroatoms. The zero-order valence-corrected chi connectivity index (χ0v) is 11.9. The SMILES string of the molecule is O=c1[nH]c(NCc2ccncc2)nnc1Cc1ccccc1. The van der Waals surface area contributed by atoms with Gasteiger partial charge < -0.3 is 5.32 Å². The number of anilines is 1. The number of rotatable bonds is 5. The number of aromatic nitrogens is 4. The molecule has 2 aromatic heterocycles. The molecule has 0 aliphatic carbocycles. The van der Waals surface area contributed by atoms with Crippen LogP contribution in [0.5, 0.6) is 0 Å². The van der Waals surface area contributed by atoms with E-state index in [1.807, 2.05) is 42.5 Å². The Morgan fingerprint density at radius 1 is 0.955 bits per heavy atom. The summed E-state index contributed by atoms with van der Waals surface area (Å²) in [4.78, 5) is 18.7. The summed E-state index contributed by atoms with van der Waals surface area (Å²) < 4.78 is 0. The molecule has 0 saturated heterocycles. The third-order valence-electron chi connectivity index (χ3n) is 3.19. The third-order valence-corrected chi connectivity index (χ3v) is 3.19. The molecule has 0 aliphatic heterocycles. The Morgan fingerprint density at radius 2 is 1.73 bits per heavy atom. The second kappa shape index (κ2) is 6.62. The number of H-pyrrole nitrogens is 1. The quantitative estimate of drug-likeness (QED) is 0.749. The fraction of sp³-hybridized carbons (Fsp3) is 0.125. The van der Waals surface area contributed by atoms with Crippen molar-refractivity contribution in [3.8, 4) is 0 Å². The van der Waals surface area contributed by atoms with Crippen LogP contribution < -0.4 is 10.9 Å². The van der Waals surface area contributed by atoms with Gasteiger partial charge in [0.25, 0.3) is 5.56 Å². The van der Waals surface area contributed by atoms with Crippen molar-refractivity contribution in [1.82, 2.24) is 20.2 Å². The van der Waals surface area contributed by atoms with Crippen molar-refractivity contribution < 1.29 is 0 Å². The molecule has 110 valence electrons. The molecule has 3 rings (SSSR count). The van der Waals surface area contributed by atoms with Gasteiger partial charge in [-0.2, -0.15) is 0 Å². The summed E-state index contributed by atoms with van der Waals surface area (Å²) in [5, 5.41) is 11.1. The monoisotopic (exact) mass is 293 g/mol. The molecule has 0 fully saturated rings. The Morgan fingerprint density at radius 3 is 2.45 bits per heavy atom. The van der Waals surface area contributed by atoms with E-state index in [1.54, 1.807) is 12.4 Å². The first-order chi connectivity index (χ1) is 10.8. The predicted molar refractivity (Wildman–Crippen MR) is 83.5 cm³/mol. The fourth-order valence-corrected chi connectivity index (χ4v) is 2.03. The minimum Gasteiger partial charge on any atom is -0.350 e. The number of hydrogen-bond acceptors (Lipinski definition) is 5. The maximum absolute atomic E-state index is 12.0. The van der Waals surface area contributed by atoms with Gasteiger partial charge in [0, 0.05) is 25.4 Å². The molecule has 0 amide bonds. The van der Waals surface area contributed by atoms with E-state index in [2.05, 4.69) is 25.5 Å². The minimum absolute atomic E-state index is 0.226. The highest BCUT2D eigenvalue weighted by molar-refractivity contribution is 5.26. The Balaban J connectivity index is 1.68. The minimum atomic E-state index is -0.226. The summed E-state index contributed by atoms with van der Waals surface area (Å²) in [5.74, 6) is 0.360. The third kappa shape index (κ3) is 3.54. The molecule has 0 unspecified atom stereocenters. The number of hydrogen-bond donors (Lipinski definition) is 2. The second-order valence-electron chi connectivity index (χ2n) is 4.82. The van der Waals surface area contributed by atoms with Crippen LogP contribution in [-0.2, 0) is 13.0 Å². The summed E-state index contributed by atoms with van der Waals surface area (Å²) >= 11 is 0. The molecule has 0 aliphatic rings. The lowest BCUT2D eigenvalue weighted by Gasteiger charge is -2.05. The van der Waals surface area contributed by atoms with Crippen LogP contribution in [0.4, 0.5) is 5.95 Å². The van der Waals surface area contributed by atoms with Gasteiger partial charge in [0.15, 0.2) is 0 Å². The molecule has 22 heavy (non-hydrogen) atoms.